The van der Waals surface area contributed by atoms with Crippen LogP contribution in [-0.2, 0) is 27.1 Å². The van der Waals surface area contributed by atoms with Crippen molar-refractivity contribution in [3.05, 3.63) is 71.8 Å². The third kappa shape index (κ3) is 6.09. The van der Waals surface area contributed by atoms with E-state index in [0.29, 0.717) is 18.4 Å². The highest BCUT2D eigenvalue weighted by molar-refractivity contribution is 6.47. The van der Waals surface area contributed by atoms with Gasteiger partial charge >= 0.3 is 7.12 Å². The van der Waals surface area contributed by atoms with E-state index in [1.54, 1.807) is 0 Å². The van der Waals surface area contributed by atoms with Gasteiger partial charge in [-0.05, 0) is 55.1 Å². The third-order valence-corrected chi connectivity index (χ3v) is 8.03. The van der Waals surface area contributed by atoms with Gasteiger partial charge in [-0.1, -0.05) is 99.2 Å². The summed E-state index contributed by atoms with van der Waals surface area (Å²) in [6.07, 6.45) is 14.5. The smallest absolute Gasteiger partial charge is 0.404 e. The highest BCUT2D eigenvalue weighted by Gasteiger charge is 2.50. The Labute approximate surface area is 200 Å². The van der Waals surface area contributed by atoms with Gasteiger partial charge in [0.1, 0.15) is 0 Å². The minimum atomic E-state index is -0.284. The summed E-state index contributed by atoms with van der Waals surface area (Å²) in [5.41, 5.74) is 2.47. The molecule has 2 aromatic rings. The van der Waals surface area contributed by atoms with Gasteiger partial charge in [-0.15, -0.1) is 0 Å². The van der Waals surface area contributed by atoms with Crippen molar-refractivity contribution in [1.29, 1.82) is 0 Å². The second-order valence-corrected chi connectivity index (χ2v) is 10.4. The van der Waals surface area contributed by atoms with Crippen LogP contribution < -0.4 is 0 Å². The maximum absolute atomic E-state index is 6.84. The molecule has 0 N–H and O–H groups in total. The van der Waals surface area contributed by atoms with Gasteiger partial charge < -0.3 is 14.0 Å². The van der Waals surface area contributed by atoms with Crippen molar-refractivity contribution >= 4 is 7.12 Å². The quantitative estimate of drug-likeness (QED) is 0.418. The van der Waals surface area contributed by atoms with Crippen LogP contribution in [0, 0.1) is 11.8 Å². The SMILES string of the molecule is c1ccc(CO[C@H](Cc2ccccc2)B2O[C@@H](C3CCCCC3)[C@H](C3CCCCC3)O2)cc1. The Morgan fingerprint density at radius 2 is 1.15 bits per heavy atom. The molecule has 176 valence electrons. The van der Waals surface area contributed by atoms with E-state index in [1.807, 2.05) is 0 Å². The van der Waals surface area contributed by atoms with Gasteiger partial charge in [0, 0.05) is 0 Å². The Morgan fingerprint density at radius 3 is 1.67 bits per heavy atom. The molecule has 0 aromatic heterocycles. The molecule has 0 amide bonds. The molecule has 0 radical (unpaired) electrons. The molecule has 3 aliphatic rings. The van der Waals surface area contributed by atoms with Crippen LogP contribution in [0.2, 0.25) is 0 Å². The lowest BCUT2D eigenvalue weighted by atomic mass is 9.77. The lowest BCUT2D eigenvalue weighted by molar-refractivity contribution is 0.0324. The molecule has 3 fully saturated rings. The summed E-state index contributed by atoms with van der Waals surface area (Å²) >= 11 is 0. The Morgan fingerprint density at radius 1 is 0.667 bits per heavy atom. The van der Waals surface area contributed by atoms with E-state index < -0.39 is 0 Å². The fourth-order valence-electron chi connectivity index (χ4n) is 6.21. The van der Waals surface area contributed by atoms with E-state index in [1.165, 1.54) is 75.3 Å². The normalized spacial score (nSPS) is 25.9. The summed E-state index contributed by atoms with van der Waals surface area (Å²) in [5.74, 6) is 1.28. The van der Waals surface area contributed by atoms with E-state index in [0.717, 1.165) is 6.42 Å². The zero-order valence-electron chi connectivity index (χ0n) is 19.9. The van der Waals surface area contributed by atoms with Gasteiger partial charge in [0.2, 0.25) is 0 Å². The average Bonchev–Trinajstić information content (AvgIpc) is 3.34. The topological polar surface area (TPSA) is 27.7 Å². The zero-order valence-corrected chi connectivity index (χ0v) is 19.9. The van der Waals surface area contributed by atoms with Crippen LogP contribution in [0.25, 0.3) is 0 Å². The molecule has 3 atom stereocenters. The van der Waals surface area contributed by atoms with Gasteiger partial charge in [0.15, 0.2) is 0 Å². The highest BCUT2D eigenvalue weighted by atomic mass is 16.7. The van der Waals surface area contributed by atoms with Crippen molar-refractivity contribution in [2.45, 2.75) is 95.4 Å². The predicted molar refractivity (Wildman–Crippen MR) is 134 cm³/mol. The summed E-state index contributed by atoms with van der Waals surface area (Å²) in [7, 11) is -0.284. The zero-order chi connectivity index (χ0) is 22.3. The molecule has 0 unspecified atom stereocenters. The minimum absolute atomic E-state index is 0.104. The molecule has 0 spiro atoms. The maximum Gasteiger partial charge on any atom is 0.488 e. The van der Waals surface area contributed by atoms with Crippen LogP contribution in [0.5, 0.6) is 0 Å². The van der Waals surface area contributed by atoms with E-state index in [-0.39, 0.29) is 25.3 Å². The first-order valence-corrected chi connectivity index (χ1v) is 13.4. The number of hydrogen-bond donors (Lipinski definition) is 0. The number of rotatable bonds is 8. The number of hydrogen-bond acceptors (Lipinski definition) is 3. The van der Waals surface area contributed by atoms with Crippen molar-refractivity contribution in [2.75, 3.05) is 0 Å². The van der Waals surface area contributed by atoms with E-state index in [4.69, 9.17) is 14.0 Å². The standard InChI is InChI=1S/C29H39BO3/c1-5-13-23(14-6-1)21-27(31-22-24-15-7-2-8-16-24)30-32-28(25-17-9-3-10-18-25)29(33-30)26-19-11-4-12-20-26/h1-2,5-8,13-16,25-29H,3-4,9-12,17-22H2/t27-,28+,29+/m1/s1. The van der Waals surface area contributed by atoms with Crippen molar-refractivity contribution in [3.8, 4) is 0 Å². The van der Waals surface area contributed by atoms with Gasteiger partial charge in [0.25, 0.3) is 0 Å². The summed E-state index contributed by atoms with van der Waals surface area (Å²) < 4.78 is 20.2. The predicted octanol–water partition coefficient (Wildman–Crippen LogP) is 6.79. The molecule has 5 rings (SSSR count). The molecule has 1 aliphatic heterocycles. The molecular formula is C29H39BO3. The molecule has 1 heterocycles. The average molecular weight is 446 g/mol. The van der Waals surface area contributed by atoms with Crippen molar-refractivity contribution in [2.24, 2.45) is 11.8 Å². The van der Waals surface area contributed by atoms with Crippen molar-refractivity contribution in [1.82, 2.24) is 0 Å². The van der Waals surface area contributed by atoms with Gasteiger partial charge in [0.05, 0.1) is 24.8 Å². The van der Waals surface area contributed by atoms with Gasteiger partial charge in [-0.25, -0.2) is 0 Å². The summed E-state index contributed by atoms with van der Waals surface area (Å²) in [4.78, 5) is 0. The number of benzene rings is 2. The molecule has 1 saturated heterocycles. The largest absolute Gasteiger partial charge is 0.488 e. The second-order valence-electron chi connectivity index (χ2n) is 10.4. The first-order chi connectivity index (χ1) is 16.4. The van der Waals surface area contributed by atoms with E-state index in [2.05, 4.69) is 60.7 Å². The van der Waals surface area contributed by atoms with Crippen LogP contribution in [0.15, 0.2) is 60.7 Å². The Balaban J connectivity index is 1.34. The summed E-state index contributed by atoms with van der Waals surface area (Å²) in [6, 6.07) is 21.0. The summed E-state index contributed by atoms with van der Waals surface area (Å²) in [6.45, 7) is 0.587. The third-order valence-electron chi connectivity index (χ3n) is 8.03. The fraction of sp³-hybridized carbons (Fsp3) is 0.586. The first kappa shape index (κ1) is 23.1. The van der Waals surface area contributed by atoms with Crippen LogP contribution in [0.3, 0.4) is 0 Å². The molecule has 2 saturated carbocycles. The molecular weight excluding hydrogens is 407 g/mol. The van der Waals surface area contributed by atoms with Crippen molar-refractivity contribution < 1.29 is 14.0 Å². The lowest BCUT2D eigenvalue weighted by Crippen LogP contribution is -2.38. The van der Waals surface area contributed by atoms with E-state index in [9.17, 15) is 0 Å². The summed E-state index contributed by atoms with van der Waals surface area (Å²) in [5, 5.41) is 0. The van der Waals surface area contributed by atoms with Gasteiger partial charge in [-0.2, -0.15) is 0 Å². The van der Waals surface area contributed by atoms with Crippen LogP contribution in [0.1, 0.15) is 75.3 Å². The second kappa shape index (κ2) is 11.7. The van der Waals surface area contributed by atoms with Crippen LogP contribution >= 0.6 is 0 Å². The number of ether oxygens (including phenoxy) is 1. The van der Waals surface area contributed by atoms with Gasteiger partial charge in [-0.3, -0.25) is 0 Å². The molecule has 0 bridgehead atoms. The van der Waals surface area contributed by atoms with Crippen LogP contribution in [-0.4, -0.2) is 25.3 Å². The molecule has 3 nitrogen and oxygen atoms in total. The first-order valence-electron chi connectivity index (χ1n) is 13.4. The van der Waals surface area contributed by atoms with Crippen molar-refractivity contribution in [3.63, 3.8) is 0 Å². The Kier molecular flexibility index (Phi) is 8.19. The van der Waals surface area contributed by atoms with Crippen LogP contribution in [0.4, 0.5) is 0 Å². The monoisotopic (exact) mass is 446 g/mol. The highest BCUT2D eigenvalue weighted by Crippen LogP contribution is 2.41. The maximum atomic E-state index is 6.84. The molecule has 2 aromatic carbocycles. The fourth-order valence-corrected chi connectivity index (χ4v) is 6.21. The Hall–Kier alpha value is -1.62. The minimum Gasteiger partial charge on any atom is -0.404 e. The Bertz CT molecular complexity index is 791. The molecule has 33 heavy (non-hydrogen) atoms. The molecule has 2 aliphatic carbocycles. The van der Waals surface area contributed by atoms with E-state index >= 15 is 0 Å². The molecule has 4 heteroatoms. The lowest BCUT2D eigenvalue weighted by Gasteiger charge is -2.35.